The Balaban J connectivity index is 1.44. The van der Waals surface area contributed by atoms with Crippen molar-refractivity contribution in [3.05, 3.63) is 42.5 Å². The molecule has 1 fully saturated rings. The number of hydrogen-bond donors (Lipinski definition) is 2. The number of carbonyl (C=O) groups excluding carboxylic acids is 2. The summed E-state index contributed by atoms with van der Waals surface area (Å²) < 4.78 is 0. The van der Waals surface area contributed by atoms with Crippen LogP contribution in [0.1, 0.15) is 12.8 Å². The van der Waals surface area contributed by atoms with E-state index in [4.69, 9.17) is 0 Å². The first-order valence-corrected chi connectivity index (χ1v) is 8.30. The van der Waals surface area contributed by atoms with Crippen LogP contribution in [0.3, 0.4) is 0 Å². The summed E-state index contributed by atoms with van der Waals surface area (Å²) in [5.74, 6) is 0.874. The molecule has 7 nitrogen and oxygen atoms in total. The molecule has 0 bridgehead atoms. The van der Waals surface area contributed by atoms with Crippen LogP contribution in [0.5, 0.6) is 0 Å². The molecule has 1 aliphatic rings. The van der Waals surface area contributed by atoms with Gasteiger partial charge in [0.25, 0.3) is 0 Å². The van der Waals surface area contributed by atoms with Gasteiger partial charge < -0.3 is 10.2 Å². The van der Waals surface area contributed by atoms with Gasteiger partial charge in [0, 0.05) is 32.1 Å². The highest BCUT2D eigenvalue weighted by molar-refractivity contribution is 5.88. The van der Waals surface area contributed by atoms with Crippen molar-refractivity contribution < 1.29 is 9.59 Å². The van der Waals surface area contributed by atoms with Gasteiger partial charge in [-0.1, -0.05) is 30.3 Å². The topological polar surface area (TPSA) is 87.2 Å². The average Bonchev–Trinajstić information content (AvgIpc) is 2.94. The Morgan fingerprint density at radius 2 is 2.00 bits per heavy atom. The maximum Gasteiger partial charge on any atom is 0.320 e. The maximum atomic E-state index is 11.9. The second-order valence-corrected chi connectivity index (χ2v) is 6.18. The van der Waals surface area contributed by atoms with Gasteiger partial charge >= 0.3 is 6.03 Å². The first-order valence-electron chi connectivity index (χ1n) is 8.30. The summed E-state index contributed by atoms with van der Waals surface area (Å²) in [5.41, 5.74) is 1.73. The zero-order valence-electron chi connectivity index (χ0n) is 14.1. The molecule has 0 spiro atoms. The van der Waals surface area contributed by atoms with Crippen LogP contribution >= 0.6 is 0 Å². The van der Waals surface area contributed by atoms with Crippen LogP contribution in [0.4, 0.5) is 10.6 Å². The molecule has 130 valence electrons. The second kappa shape index (κ2) is 7.74. The highest BCUT2D eigenvalue weighted by Gasteiger charge is 2.26. The van der Waals surface area contributed by atoms with E-state index in [0.717, 1.165) is 24.2 Å². The number of hydrogen-bond acceptors (Lipinski definition) is 4. The molecule has 1 saturated heterocycles. The molecular weight excluding hydrogens is 318 g/mol. The summed E-state index contributed by atoms with van der Waals surface area (Å²) in [6.45, 7) is 1.28. The quantitative estimate of drug-likeness (QED) is 0.874. The van der Waals surface area contributed by atoms with E-state index < -0.39 is 0 Å². The standard InChI is InChI=1S/C18H21N5O2/c1-23-12-13(11-17(23)24)9-10-19-18(25)20-16-8-7-15(21-22-16)14-5-3-2-4-6-14/h2-8,13H,9-12H2,1H3,(H2,19,20,22,25). The van der Waals surface area contributed by atoms with E-state index in [2.05, 4.69) is 20.8 Å². The monoisotopic (exact) mass is 339 g/mol. The van der Waals surface area contributed by atoms with Crippen LogP contribution in [-0.2, 0) is 4.79 Å². The molecule has 3 rings (SSSR count). The molecule has 2 heterocycles. The Morgan fingerprint density at radius 1 is 1.20 bits per heavy atom. The smallest absolute Gasteiger partial charge is 0.320 e. The van der Waals surface area contributed by atoms with Crippen molar-refractivity contribution in [3.63, 3.8) is 0 Å². The molecule has 25 heavy (non-hydrogen) atoms. The lowest BCUT2D eigenvalue weighted by Gasteiger charge is -2.11. The van der Waals surface area contributed by atoms with Crippen molar-refractivity contribution in [3.8, 4) is 11.3 Å². The molecule has 0 aliphatic carbocycles. The van der Waals surface area contributed by atoms with Crippen LogP contribution in [0, 0.1) is 5.92 Å². The van der Waals surface area contributed by atoms with Crippen molar-refractivity contribution in [2.24, 2.45) is 5.92 Å². The Bertz CT molecular complexity index is 733. The van der Waals surface area contributed by atoms with Crippen LogP contribution in [-0.4, -0.2) is 47.2 Å². The number of likely N-dealkylation sites (tertiary alicyclic amines) is 1. The number of urea groups is 1. The van der Waals surface area contributed by atoms with Gasteiger partial charge in [0.1, 0.15) is 0 Å². The second-order valence-electron chi connectivity index (χ2n) is 6.18. The third-order valence-electron chi connectivity index (χ3n) is 4.23. The van der Waals surface area contributed by atoms with Gasteiger partial charge in [-0.3, -0.25) is 10.1 Å². The molecule has 0 saturated carbocycles. The van der Waals surface area contributed by atoms with E-state index in [-0.39, 0.29) is 11.9 Å². The third-order valence-corrected chi connectivity index (χ3v) is 4.23. The highest BCUT2D eigenvalue weighted by atomic mass is 16.2. The molecule has 2 N–H and O–H groups in total. The van der Waals surface area contributed by atoms with Crippen molar-refractivity contribution >= 4 is 17.8 Å². The fourth-order valence-electron chi connectivity index (χ4n) is 2.86. The lowest BCUT2D eigenvalue weighted by molar-refractivity contribution is -0.126. The zero-order chi connectivity index (χ0) is 17.6. The van der Waals surface area contributed by atoms with E-state index in [1.807, 2.05) is 36.4 Å². The number of nitrogens with one attached hydrogen (secondary N) is 2. The normalized spacial score (nSPS) is 16.8. The summed E-state index contributed by atoms with van der Waals surface area (Å²) in [7, 11) is 1.81. The van der Waals surface area contributed by atoms with Crippen LogP contribution in [0.15, 0.2) is 42.5 Å². The van der Waals surface area contributed by atoms with Crippen LogP contribution < -0.4 is 10.6 Å². The number of amides is 3. The van der Waals surface area contributed by atoms with Crippen molar-refractivity contribution in [2.75, 3.05) is 25.5 Å². The molecule has 1 aromatic carbocycles. The summed E-state index contributed by atoms with van der Waals surface area (Å²) in [6.07, 6.45) is 1.34. The van der Waals surface area contributed by atoms with Crippen molar-refractivity contribution in [1.82, 2.24) is 20.4 Å². The van der Waals surface area contributed by atoms with E-state index in [1.165, 1.54) is 0 Å². The molecule has 0 radical (unpaired) electrons. The largest absolute Gasteiger partial charge is 0.345 e. The van der Waals surface area contributed by atoms with Gasteiger partial charge in [-0.2, -0.15) is 0 Å². The fourth-order valence-corrected chi connectivity index (χ4v) is 2.86. The molecule has 1 atom stereocenters. The van der Waals surface area contributed by atoms with Gasteiger partial charge in [-0.25, -0.2) is 4.79 Å². The Kier molecular flexibility index (Phi) is 5.23. The Hall–Kier alpha value is -2.96. The molecule has 2 aromatic rings. The summed E-state index contributed by atoms with van der Waals surface area (Å²) in [5, 5.41) is 13.6. The fraction of sp³-hybridized carbons (Fsp3) is 0.333. The summed E-state index contributed by atoms with van der Waals surface area (Å²) in [4.78, 5) is 25.1. The van der Waals surface area contributed by atoms with Gasteiger partial charge in [-0.05, 0) is 24.5 Å². The SMILES string of the molecule is CN1CC(CCNC(=O)Nc2ccc(-c3ccccc3)nn2)CC1=O. The summed E-state index contributed by atoms with van der Waals surface area (Å²) in [6, 6.07) is 12.9. The summed E-state index contributed by atoms with van der Waals surface area (Å²) >= 11 is 0. The number of nitrogens with zero attached hydrogens (tertiary/aromatic N) is 3. The number of benzene rings is 1. The predicted octanol–water partition coefficient (Wildman–Crippen LogP) is 2.13. The van der Waals surface area contributed by atoms with Gasteiger partial charge in [0.15, 0.2) is 5.82 Å². The highest BCUT2D eigenvalue weighted by Crippen LogP contribution is 2.19. The predicted molar refractivity (Wildman–Crippen MR) is 94.9 cm³/mol. The minimum atomic E-state index is -0.320. The van der Waals surface area contributed by atoms with Gasteiger partial charge in [0.05, 0.1) is 5.69 Å². The minimum absolute atomic E-state index is 0.170. The lowest BCUT2D eigenvalue weighted by Crippen LogP contribution is -2.31. The zero-order valence-corrected chi connectivity index (χ0v) is 14.1. The van der Waals surface area contributed by atoms with Crippen LogP contribution in [0.2, 0.25) is 0 Å². The van der Waals surface area contributed by atoms with E-state index in [9.17, 15) is 9.59 Å². The lowest BCUT2D eigenvalue weighted by atomic mass is 10.1. The van der Waals surface area contributed by atoms with E-state index in [0.29, 0.717) is 24.7 Å². The van der Waals surface area contributed by atoms with Gasteiger partial charge in [-0.15, -0.1) is 10.2 Å². The van der Waals surface area contributed by atoms with Crippen LogP contribution in [0.25, 0.3) is 11.3 Å². The molecular formula is C18H21N5O2. The number of aromatic nitrogens is 2. The average molecular weight is 339 g/mol. The molecule has 1 unspecified atom stereocenters. The molecule has 1 aliphatic heterocycles. The Morgan fingerprint density at radius 3 is 2.64 bits per heavy atom. The number of rotatable bonds is 5. The first-order chi connectivity index (χ1) is 12.1. The number of carbonyl (C=O) groups is 2. The van der Waals surface area contributed by atoms with E-state index >= 15 is 0 Å². The third kappa shape index (κ3) is 4.53. The van der Waals surface area contributed by atoms with Gasteiger partial charge in [0.2, 0.25) is 5.91 Å². The molecule has 1 aromatic heterocycles. The Labute approximate surface area is 146 Å². The molecule has 3 amide bonds. The minimum Gasteiger partial charge on any atom is -0.345 e. The van der Waals surface area contributed by atoms with Crippen molar-refractivity contribution in [2.45, 2.75) is 12.8 Å². The first kappa shape index (κ1) is 16.9. The van der Waals surface area contributed by atoms with E-state index in [1.54, 1.807) is 18.0 Å². The molecule has 7 heteroatoms. The number of anilines is 1. The van der Waals surface area contributed by atoms with Crippen molar-refractivity contribution in [1.29, 1.82) is 0 Å². The maximum absolute atomic E-state index is 11.9.